The molecule has 0 aliphatic carbocycles. The van der Waals surface area contributed by atoms with Crippen molar-refractivity contribution in [2.75, 3.05) is 27.4 Å². The van der Waals surface area contributed by atoms with Gasteiger partial charge in [0.2, 0.25) is 10.0 Å². The van der Waals surface area contributed by atoms with Gasteiger partial charge in [0.25, 0.3) is 0 Å². The number of aryl methyl sites for hydroxylation is 1. The summed E-state index contributed by atoms with van der Waals surface area (Å²) in [6.45, 7) is -13.7. The number of aromatic amines is 1. The second-order valence-corrected chi connectivity index (χ2v) is 5.40. The van der Waals surface area contributed by atoms with Gasteiger partial charge in [-0.15, -0.1) is 0 Å². The molecule has 2 N–H and O–H groups in total. The zero-order valence-electron chi connectivity index (χ0n) is 27.0. The summed E-state index contributed by atoms with van der Waals surface area (Å²) < 4.78 is 155. The molecule has 0 aliphatic rings. The molecule has 0 saturated heterocycles. The zero-order chi connectivity index (χ0) is 29.3. The van der Waals surface area contributed by atoms with Crippen LogP contribution in [-0.4, -0.2) is 45.7 Å². The number of nitrogens with one attached hydrogen (secondary N) is 2. The molecule has 1 aromatic heterocycles. The molecule has 0 radical (unpaired) electrons. The molecule has 0 unspecified atom stereocenters. The molecule has 2 rings (SSSR count). The van der Waals surface area contributed by atoms with Crippen LogP contribution in [0.4, 0.5) is 0 Å². The smallest absolute Gasteiger partial charge is 0.215 e. The van der Waals surface area contributed by atoms with Crippen molar-refractivity contribution in [3.63, 3.8) is 0 Å². The van der Waals surface area contributed by atoms with E-state index in [4.69, 9.17) is 23.4 Å². The van der Waals surface area contributed by atoms with E-state index in [-0.39, 0.29) is 4.98 Å². The molecular formula is C14H21N3O2S. The summed E-state index contributed by atoms with van der Waals surface area (Å²) in [7, 11) is -5.02. The van der Waals surface area contributed by atoms with E-state index >= 15 is 0 Å². The fraction of sp³-hybridized carbons (Fsp3) is 0.429. The summed E-state index contributed by atoms with van der Waals surface area (Å²) in [5.74, 6) is -1.42. The average Bonchev–Trinajstić information content (AvgIpc) is 2.90. The number of likely N-dealkylation sites (N-methyl/N-ethyl adjacent to an activating group) is 1. The molecule has 0 fully saturated rings. The van der Waals surface area contributed by atoms with E-state index in [2.05, 4.69) is 0 Å². The van der Waals surface area contributed by atoms with E-state index in [9.17, 15) is 8.42 Å². The van der Waals surface area contributed by atoms with Gasteiger partial charge < -0.3 is 9.88 Å². The summed E-state index contributed by atoms with van der Waals surface area (Å²) in [5, 5.41) is -0.600. The highest BCUT2D eigenvalue weighted by molar-refractivity contribution is 7.88. The number of rotatable bonds is 6. The van der Waals surface area contributed by atoms with Crippen LogP contribution in [-0.2, 0) is 22.2 Å². The molecule has 5 nitrogen and oxygen atoms in total. The number of H-pyrrole nitrogens is 1. The predicted octanol–water partition coefficient (Wildman–Crippen LogP) is 1.32. The van der Waals surface area contributed by atoms with Gasteiger partial charge in [0.1, 0.15) is 1.41 Å². The lowest BCUT2D eigenvalue weighted by molar-refractivity contribution is 0.414. The van der Waals surface area contributed by atoms with E-state index in [1.54, 1.807) is 0 Å². The SMILES string of the molecule is [2H]c1c(CS(=O)(=O)N([2H])C([2H])([2H])[2H])c([2H])c2c(CC([2H])([2H])N(C([2H])([2H])[2H])C([2H])([2H])[2H])c([2H])n([2H])c2c1[2H]. The molecule has 0 aliphatic heterocycles. The lowest BCUT2D eigenvalue weighted by Crippen LogP contribution is -2.20. The summed E-state index contributed by atoms with van der Waals surface area (Å²) >= 11 is 0. The second kappa shape index (κ2) is 5.95. The molecule has 110 valence electrons. The fourth-order valence-corrected chi connectivity index (χ4v) is 2.07. The minimum absolute atomic E-state index is 0.228. The van der Waals surface area contributed by atoms with Crippen molar-refractivity contribution in [3.8, 4) is 0 Å². The quantitative estimate of drug-likeness (QED) is 0.845. The number of benzene rings is 1. The Balaban J connectivity index is 2.85. The third kappa shape index (κ3) is 3.59. The first-order valence-corrected chi connectivity index (χ1v) is 6.82. The van der Waals surface area contributed by atoms with Crippen LogP contribution < -0.4 is 4.72 Å². The van der Waals surface area contributed by atoms with Gasteiger partial charge in [0.15, 0.2) is 1.41 Å². The Labute approximate surface area is 144 Å². The van der Waals surface area contributed by atoms with Crippen LogP contribution in [0.3, 0.4) is 0 Å². The number of sulfonamides is 1. The normalized spacial score (nSPS) is 27.6. The highest BCUT2D eigenvalue weighted by atomic mass is 32.2. The van der Waals surface area contributed by atoms with E-state index in [1.807, 2.05) is 0 Å². The maximum atomic E-state index is 12.5. The van der Waals surface area contributed by atoms with Gasteiger partial charge in [-0.25, -0.2) is 13.1 Å². The molecule has 0 amide bonds. The minimum Gasteiger partial charge on any atom is -0.361 e. The molecule has 0 atom stereocenters. The van der Waals surface area contributed by atoms with Crippen molar-refractivity contribution in [1.82, 2.24) is 14.6 Å². The molecular weight excluding hydrogens is 274 g/mol. The third-order valence-electron chi connectivity index (χ3n) is 2.33. The minimum atomic E-state index is -5.02. The van der Waals surface area contributed by atoms with Crippen LogP contribution in [0.2, 0.25) is 2.82 Å². The van der Waals surface area contributed by atoms with Gasteiger partial charge in [0, 0.05) is 38.7 Å². The summed E-state index contributed by atoms with van der Waals surface area (Å²) in [5.41, 5.74) is -2.03. The molecule has 1 aromatic carbocycles. The first-order valence-electron chi connectivity index (χ1n) is 13.6. The largest absolute Gasteiger partial charge is 0.361 e. The van der Waals surface area contributed by atoms with E-state index in [0.717, 1.165) is 0 Å². The van der Waals surface area contributed by atoms with Crippen LogP contribution in [0.25, 0.3) is 10.9 Å². The Morgan fingerprint density at radius 3 is 3.20 bits per heavy atom. The van der Waals surface area contributed by atoms with Crippen LogP contribution in [0.1, 0.15) is 31.7 Å². The van der Waals surface area contributed by atoms with Crippen LogP contribution >= 0.6 is 0 Å². The Morgan fingerprint density at radius 1 is 1.60 bits per heavy atom. The Hall–Kier alpha value is -1.37. The van der Waals surface area contributed by atoms with Gasteiger partial charge in [-0.05, 0) is 50.6 Å². The molecule has 2 aromatic rings. The number of aromatic nitrogens is 1. The van der Waals surface area contributed by atoms with Crippen LogP contribution in [0, 0.1) is 0 Å². The molecule has 0 spiro atoms. The number of hydrogen-bond donors (Lipinski definition) is 2. The van der Waals surface area contributed by atoms with Crippen LogP contribution in [0.15, 0.2) is 24.3 Å². The summed E-state index contributed by atoms with van der Waals surface area (Å²) in [6.07, 6.45) is -2.10. The summed E-state index contributed by atoms with van der Waals surface area (Å²) in [6, 6.07) is -2.74. The highest BCUT2D eigenvalue weighted by Crippen LogP contribution is 2.21. The first kappa shape index (κ1) is 4.32. The average molecular weight is 313 g/mol. The van der Waals surface area contributed by atoms with Gasteiger partial charge in [0.05, 0.1) is 11.2 Å². The van der Waals surface area contributed by atoms with Crippen molar-refractivity contribution in [3.05, 3.63) is 35.4 Å². The first-order chi connectivity index (χ1) is 16.3. The van der Waals surface area contributed by atoms with Gasteiger partial charge in [-0.3, -0.25) is 0 Å². The maximum absolute atomic E-state index is 12.5. The van der Waals surface area contributed by atoms with Gasteiger partial charge >= 0.3 is 0 Å². The lowest BCUT2D eigenvalue weighted by Gasteiger charge is -2.08. The van der Waals surface area contributed by atoms with Crippen molar-refractivity contribution >= 4 is 20.9 Å². The third-order valence-corrected chi connectivity index (χ3v) is 3.26. The second-order valence-electron chi connectivity index (χ2n) is 3.77. The van der Waals surface area contributed by atoms with Crippen molar-refractivity contribution in [2.45, 2.75) is 12.2 Å². The molecule has 1 heterocycles. The van der Waals surface area contributed by atoms with Gasteiger partial charge in [-0.1, -0.05) is 6.04 Å². The fourth-order valence-electron chi connectivity index (χ4n) is 1.49. The monoisotopic (exact) mass is 312 g/mol. The standard InChI is InChI=1S/C14H21N3O2S/c1-15-20(18,19)10-11-4-5-14-13(8-11)12(9-16-14)6-7-17(2)3/h4-5,8-9,15-16H,6-7,10H2,1-3H3/i1D3,2D3,3D3,4D,5D,7D2,8D,9D/hD2. The molecule has 20 heavy (non-hydrogen) atoms. The number of nitrogens with zero attached hydrogens (tertiary/aromatic N) is 1. The van der Waals surface area contributed by atoms with Crippen molar-refractivity contribution < 1.29 is 31.8 Å². The van der Waals surface area contributed by atoms with Gasteiger partial charge in [-0.2, -0.15) is 0 Å². The summed E-state index contributed by atoms with van der Waals surface area (Å²) in [4.78, 5) is -0.186. The molecule has 0 bridgehead atoms. The lowest BCUT2D eigenvalue weighted by atomic mass is 10.1. The zero-order valence-corrected chi connectivity index (χ0v) is 10.8. The Bertz CT molecular complexity index is 1290. The van der Waals surface area contributed by atoms with E-state index < -0.39 is 106 Å². The topological polar surface area (TPSA) is 65.2 Å². The maximum Gasteiger partial charge on any atom is 0.215 e. The predicted molar refractivity (Wildman–Crippen MR) is 82.2 cm³/mol. The highest BCUT2D eigenvalue weighted by Gasteiger charge is 2.11. The number of hydrogen-bond acceptors (Lipinski definition) is 3. The van der Waals surface area contributed by atoms with Crippen molar-refractivity contribution in [1.29, 1.82) is 0 Å². The number of fused-ring (bicyclic) bond motifs is 1. The van der Waals surface area contributed by atoms with Crippen molar-refractivity contribution in [2.24, 2.45) is 0 Å². The Kier molecular flexibility index (Phi) is 1.28. The van der Waals surface area contributed by atoms with E-state index in [0.29, 0.717) is 0 Å². The molecule has 6 heteroatoms. The van der Waals surface area contributed by atoms with Crippen LogP contribution in [0.5, 0.6) is 0 Å². The Morgan fingerprint density at radius 2 is 2.45 bits per heavy atom. The molecule has 0 saturated carbocycles. The van der Waals surface area contributed by atoms with E-state index in [1.165, 1.54) is 0 Å².